The standard InChI is InChI=1S/C19H26ClN3O3/c1-12(2)16(21-18(25)14-10-6-7-11-15(14)20)19(26)23-22-17(24)13-8-4-3-5-9-13/h6-7,10-13,16H,3-5,8-9H2,1-2H3,(H,21,25)(H,22,24)(H,23,26)/t16-/m0/s1. The molecule has 1 aliphatic carbocycles. The first-order valence-electron chi connectivity index (χ1n) is 9.05. The van der Waals surface area contributed by atoms with Crippen molar-refractivity contribution in [3.63, 3.8) is 0 Å². The molecule has 142 valence electrons. The molecule has 0 unspecified atom stereocenters. The summed E-state index contributed by atoms with van der Waals surface area (Å²) in [5.41, 5.74) is 5.25. The molecule has 3 amide bonds. The minimum atomic E-state index is -0.787. The van der Waals surface area contributed by atoms with Crippen molar-refractivity contribution in [2.75, 3.05) is 0 Å². The Kier molecular flexibility index (Phi) is 7.45. The van der Waals surface area contributed by atoms with Crippen LogP contribution in [0.5, 0.6) is 0 Å². The maximum atomic E-state index is 12.5. The quantitative estimate of drug-likeness (QED) is 0.687. The highest BCUT2D eigenvalue weighted by molar-refractivity contribution is 6.33. The van der Waals surface area contributed by atoms with Crippen LogP contribution < -0.4 is 16.2 Å². The number of halogens is 1. The second-order valence-corrected chi connectivity index (χ2v) is 7.40. The van der Waals surface area contributed by atoms with Crippen molar-refractivity contribution in [1.82, 2.24) is 16.2 Å². The first-order valence-corrected chi connectivity index (χ1v) is 9.43. The molecule has 26 heavy (non-hydrogen) atoms. The van der Waals surface area contributed by atoms with Gasteiger partial charge in [0.2, 0.25) is 5.91 Å². The molecule has 0 aliphatic heterocycles. The van der Waals surface area contributed by atoms with Crippen molar-refractivity contribution in [3.8, 4) is 0 Å². The van der Waals surface area contributed by atoms with Gasteiger partial charge in [-0.25, -0.2) is 0 Å². The van der Waals surface area contributed by atoms with Crippen molar-refractivity contribution >= 4 is 29.3 Å². The van der Waals surface area contributed by atoms with Gasteiger partial charge in [-0.05, 0) is 30.9 Å². The summed E-state index contributed by atoms with van der Waals surface area (Å²) in [5.74, 6) is -1.27. The Morgan fingerprint density at radius 2 is 1.69 bits per heavy atom. The van der Waals surface area contributed by atoms with Gasteiger partial charge in [-0.3, -0.25) is 25.2 Å². The largest absolute Gasteiger partial charge is 0.340 e. The molecule has 1 aromatic carbocycles. The van der Waals surface area contributed by atoms with Crippen molar-refractivity contribution in [2.24, 2.45) is 11.8 Å². The number of benzene rings is 1. The summed E-state index contributed by atoms with van der Waals surface area (Å²) >= 11 is 6.03. The van der Waals surface area contributed by atoms with Crippen LogP contribution in [0, 0.1) is 11.8 Å². The molecule has 6 nitrogen and oxygen atoms in total. The van der Waals surface area contributed by atoms with Gasteiger partial charge in [0.05, 0.1) is 10.6 Å². The van der Waals surface area contributed by atoms with E-state index in [1.54, 1.807) is 24.3 Å². The Labute approximate surface area is 159 Å². The van der Waals surface area contributed by atoms with E-state index in [9.17, 15) is 14.4 Å². The van der Waals surface area contributed by atoms with E-state index in [1.807, 2.05) is 13.8 Å². The normalized spacial score (nSPS) is 16.0. The smallest absolute Gasteiger partial charge is 0.261 e. The second-order valence-electron chi connectivity index (χ2n) is 6.99. The van der Waals surface area contributed by atoms with Crippen molar-refractivity contribution in [1.29, 1.82) is 0 Å². The van der Waals surface area contributed by atoms with Crippen LogP contribution in [0.25, 0.3) is 0 Å². The summed E-state index contributed by atoms with van der Waals surface area (Å²) in [4.78, 5) is 37.0. The molecule has 2 rings (SSSR count). The molecule has 1 saturated carbocycles. The van der Waals surface area contributed by atoms with Gasteiger partial charge in [0.15, 0.2) is 0 Å². The van der Waals surface area contributed by atoms with Gasteiger partial charge >= 0.3 is 0 Å². The summed E-state index contributed by atoms with van der Waals surface area (Å²) < 4.78 is 0. The lowest BCUT2D eigenvalue weighted by Crippen LogP contribution is -2.55. The third-order valence-electron chi connectivity index (χ3n) is 4.64. The lowest BCUT2D eigenvalue weighted by atomic mass is 9.89. The first kappa shape index (κ1) is 20.2. The van der Waals surface area contributed by atoms with Crippen LogP contribution in [0.2, 0.25) is 5.02 Å². The van der Waals surface area contributed by atoms with Crippen molar-refractivity contribution in [3.05, 3.63) is 34.9 Å². The Morgan fingerprint density at radius 1 is 1.04 bits per heavy atom. The molecule has 7 heteroatoms. The highest BCUT2D eigenvalue weighted by Gasteiger charge is 2.27. The zero-order chi connectivity index (χ0) is 19.1. The number of hydrogen-bond donors (Lipinski definition) is 3. The third kappa shape index (κ3) is 5.46. The van der Waals surface area contributed by atoms with Gasteiger partial charge in [0, 0.05) is 5.92 Å². The summed E-state index contributed by atoms with van der Waals surface area (Å²) in [6, 6.07) is 5.86. The van der Waals surface area contributed by atoms with E-state index >= 15 is 0 Å². The molecular weight excluding hydrogens is 354 g/mol. The number of carbonyl (C=O) groups is 3. The Morgan fingerprint density at radius 3 is 2.31 bits per heavy atom. The molecule has 1 atom stereocenters. The van der Waals surface area contributed by atoms with Gasteiger partial charge in [-0.2, -0.15) is 0 Å². The maximum Gasteiger partial charge on any atom is 0.261 e. The van der Waals surface area contributed by atoms with Gasteiger partial charge in [-0.15, -0.1) is 0 Å². The molecule has 1 aliphatic rings. The number of amides is 3. The summed E-state index contributed by atoms with van der Waals surface area (Å²) in [6.45, 7) is 3.64. The first-order chi connectivity index (χ1) is 12.4. The highest BCUT2D eigenvalue weighted by Crippen LogP contribution is 2.23. The molecule has 0 radical (unpaired) electrons. The molecule has 0 heterocycles. The number of hydrogen-bond acceptors (Lipinski definition) is 3. The van der Waals surface area contributed by atoms with Crippen LogP contribution in [-0.2, 0) is 9.59 Å². The van der Waals surface area contributed by atoms with E-state index in [0.717, 1.165) is 32.1 Å². The fraction of sp³-hybridized carbons (Fsp3) is 0.526. The van der Waals surface area contributed by atoms with Gasteiger partial charge in [0.25, 0.3) is 11.8 Å². The van der Waals surface area contributed by atoms with E-state index in [-0.39, 0.29) is 17.7 Å². The average molecular weight is 380 g/mol. The summed E-state index contributed by atoms with van der Waals surface area (Å²) in [5, 5.41) is 3.01. The van der Waals surface area contributed by atoms with Crippen molar-refractivity contribution in [2.45, 2.75) is 52.0 Å². The number of rotatable bonds is 5. The fourth-order valence-corrected chi connectivity index (χ4v) is 3.29. The zero-order valence-electron chi connectivity index (χ0n) is 15.2. The van der Waals surface area contributed by atoms with E-state index < -0.39 is 17.9 Å². The monoisotopic (exact) mass is 379 g/mol. The van der Waals surface area contributed by atoms with Crippen LogP contribution in [0.4, 0.5) is 0 Å². The number of carbonyl (C=O) groups excluding carboxylic acids is 3. The predicted octanol–water partition coefficient (Wildman–Crippen LogP) is 2.82. The molecule has 0 saturated heterocycles. The van der Waals surface area contributed by atoms with E-state index in [4.69, 9.17) is 11.6 Å². The maximum absolute atomic E-state index is 12.5. The van der Waals surface area contributed by atoms with Crippen LogP contribution in [0.15, 0.2) is 24.3 Å². The summed E-state index contributed by atoms with van der Waals surface area (Å²) in [6.07, 6.45) is 4.92. The summed E-state index contributed by atoms with van der Waals surface area (Å²) in [7, 11) is 0. The van der Waals surface area contributed by atoms with Crippen LogP contribution in [-0.4, -0.2) is 23.8 Å². The fourth-order valence-electron chi connectivity index (χ4n) is 3.07. The average Bonchev–Trinajstić information content (AvgIpc) is 2.64. The molecule has 3 N–H and O–H groups in total. The van der Waals surface area contributed by atoms with E-state index in [0.29, 0.717) is 10.6 Å². The highest BCUT2D eigenvalue weighted by atomic mass is 35.5. The Balaban J connectivity index is 1.93. The molecule has 1 aromatic rings. The lowest BCUT2D eigenvalue weighted by Gasteiger charge is -2.24. The van der Waals surface area contributed by atoms with Gasteiger partial charge < -0.3 is 5.32 Å². The van der Waals surface area contributed by atoms with Gasteiger partial charge in [0.1, 0.15) is 6.04 Å². The van der Waals surface area contributed by atoms with Crippen LogP contribution >= 0.6 is 11.6 Å². The van der Waals surface area contributed by atoms with E-state index in [2.05, 4.69) is 16.2 Å². The van der Waals surface area contributed by atoms with Crippen molar-refractivity contribution < 1.29 is 14.4 Å². The van der Waals surface area contributed by atoms with E-state index in [1.165, 1.54) is 0 Å². The second kappa shape index (κ2) is 9.57. The Hall–Kier alpha value is -2.08. The van der Waals surface area contributed by atoms with Crippen LogP contribution in [0.3, 0.4) is 0 Å². The number of hydrazine groups is 1. The zero-order valence-corrected chi connectivity index (χ0v) is 15.9. The number of nitrogens with one attached hydrogen (secondary N) is 3. The minimum absolute atomic E-state index is 0.0562. The Bertz CT molecular complexity index is 657. The third-order valence-corrected chi connectivity index (χ3v) is 4.97. The molecule has 0 bridgehead atoms. The molecular formula is C19H26ClN3O3. The SMILES string of the molecule is CC(C)[C@H](NC(=O)c1ccccc1Cl)C(=O)NNC(=O)C1CCCCC1. The topological polar surface area (TPSA) is 87.3 Å². The van der Waals surface area contributed by atoms with Gasteiger partial charge in [-0.1, -0.05) is 56.8 Å². The minimum Gasteiger partial charge on any atom is -0.340 e. The molecule has 1 fully saturated rings. The molecule has 0 aromatic heterocycles. The lowest BCUT2D eigenvalue weighted by molar-refractivity contribution is -0.133. The molecule has 0 spiro atoms. The predicted molar refractivity (Wildman–Crippen MR) is 100 cm³/mol. The van der Waals surface area contributed by atoms with Crippen LogP contribution in [0.1, 0.15) is 56.3 Å².